The molecule has 0 aliphatic carbocycles. The largest absolute Gasteiger partial charge is 0.333 e. The van der Waals surface area contributed by atoms with Gasteiger partial charge < -0.3 is 4.90 Å². The first-order chi connectivity index (χ1) is 11.4. The van der Waals surface area contributed by atoms with E-state index >= 15 is 0 Å². The summed E-state index contributed by atoms with van der Waals surface area (Å²) in [5.74, 6) is -0.392. The molecule has 1 aromatic carbocycles. The van der Waals surface area contributed by atoms with Crippen molar-refractivity contribution in [3.8, 4) is 0 Å². The Hall–Kier alpha value is -1.88. The van der Waals surface area contributed by atoms with E-state index in [1.54, 1.807) is 24.0 Å². The molecule has 0 saturated heterocycles. The molecule has 0 spiro atoms. The standard InChI is InChI=1S/C18H21ClF2N2O/c1-3-4-10-22(12-14-6-5-7-15(19)11-14)17(24)16-9-8-13(2)23(16)18(20)21/h5-9,11,18H,3-4,10,12H2,1-2H3. The summed E-state index contributed by atoms with van der Waals surface area (Å²) in [6, 6.07) is 10.2. The van der Waals surface area contributed by atoms with E-state index in [1.807, 2.05) is 19.1 Å². The highest BCUT2D eigenvalue weighted by atomic mass is 35.5. The third-order valence-corrected chi connectivity index (χ3v) is 4.10. The summed E-state index contributed by atoms with van der Waals surface area (Å²) in [7, 11) is 0. The van der Waals surface area contributed by atoms with Crippen molar-refractivity contribution in [2.75, 3.05) is 6.54 Å². The number of nitrogens with zero attached hydrogens (tertiary/aromatic N) is 2. The molecule has 1 amide bonds. The van der Waals surface area contributed by atoms with Gasteiger partial charge in [0.25, 0.3) is 5.91 Å². The molecule has 1 aromatic heterocycles. The van der Waals surface area contributed by atoms with Crippen LogP contribution >= 0.6 is 11.6 Å². The molecule has 0 radical (unpaired) electrons. The average molecular weight is 355 g/mol. The number of halogens is 3. The van der Waals surface area contributed by atoms with Crippen LogP contribution in [0, 0.1) is 6.92 Å². The summed E-state index contributed by atoms with van der Waals surface area (Å²) < 4.78 is 27.3. The smallest absolute Gasteiger partial charge is 0.319 e. The maximum atomic E-state index is 13.3. The van der Waals surface area contributed by atoms with Gasteiger partial charge >= 0.3 is 6.55 Å². The molecule has 2 aromatic rings. The number of benzene rings is 1. The molecule has 2 rings (SSSR count). The maximum Gasteiger partial charge on any atom is 0.319 e. The molecule has 130 valence electrons. The predicted octanol–water partition coefficient (Wildman–Crippen LogP) is 5.29. The summed E-state index contributed by atoms with van der Waals surface area (Å²) in [6.45, 7) is 1.70. The molecule has 0 bridgehead atoms. The van der Waals surface area contributed by atoms with E-state index in [0.717, 1.165) is 23.0 Å². The molecule has 1 heterocycles. The van der Waals surface area contributed by atoms with Gasteiger partial charge in [0, 0.05) is 23.8 Å². The Morgan fingerprint density at radius 1 is 1.29 bits per heavy atom. The van der Waals surface area contributed by atoms with Gasteiger partial charge in [0.1, 0.15) is 5.69 Å². The van der Waals surface area contributed by atoms with Crippen LogP contribution in [0.4, 0.5) is 8.78 Å². The Balaban J connectivity index is 2.28. The Morgan fingerprint density at radius 3 is 2.67 bits per heavy atom. The topological polar surface area (TPSA) is 25.2 Å². The highest BCUT2D eigenvalue weighted by Crippen LogP contribution is 2.21. The second-order valence-corrected chi connectivity index (χ2v) is 6.15. The lowest BCUT2D eigenvalue weighted by Gasteiger charge is -2.24. The number of amides is 1. The molecule has 3 nitrogen and oxygen atoms in total. The van der Waals surface area contributed by atoms with Gasteiger partial charge in [-0.25, -0.2) is 0 Å². The van der Waals surface area contributed by atoms with Crippen LogP contribution in [0.1, 0.15) is 48.1 Å². The summed E-state index contributed by atoms with van der Waals surface area (Å²) in [5.41, 5.74) is 1.26. The Kier molecular flexibility index (Phi) is 6.37. The Bertz CT molecular complexity index is 700. The quantitative estimate of drug-likeness (QED) is 0.663. The molecule has 24 heavy (non-hydrogen) atoms. The predicted molar refractivity (Wildman–Crippen MR) is 91.5 cm³/mol. The zero-order valence-electron chi connectivity index (χ0n) is 13.8. The molecular formula is C18H21ClF2N2O. The van der Waals surface area contributed by atoms with Gasteiger partial charge in [-0.15, -0.1) is 0 Å². The fourth-order valence-electron chi connectivity index (χ4n) is 2.60. The lowest BCUT2D eigenvalue weighted by molar-refractivity contribution is 0.0545. The molecule has 0 N–H and O–H groups in total. The van der Waals surface area contributed by atoms with Crippen molar-refractivity contribution in [1.82, 2.24) is 9.47 Å². The highest BCUT2D eigenvalue weighted by molar-refractivity contribution is 6.30. The van der Waals surface area contributed by atoms with Crippen molar-refractivity contribution in [1.29, 1.82) is 0 Å². The van der Waals surface area contributed by atoms with E-state index in [-0.39, 0.29) is 5.69 Å². The lowest BCUT2D eigenvalue weighted by Crippen LogP contribution is -2.33. The van der Waals surface area contributed by atoms with Crippen molar-refractivity contribution in [3.05, 3.63) is 58.4 Å². The number of aromatic nitrogens is 1. The molecule has 0 aliphatic heterocycles. The summed E-state index contributed by atoms with van der Waals surface area (Å²) in [5, 5.41) is 0.585. The van der Waals surface area contributed by atoms with E-state index < -0.39 is 12.5 Å². The van der Waals surface area contributed by atoms with E-state index in [4.69, 9.17) is 11.6 Å². The molecule has 0 fully saturated rings. The lowest BCUT2D eigenvalue weighted by atomic mass is 10.2. The third-order valence-electron chi connectivity index (χ3n) is 3.87. The van der Waals surface area contributed by atoms with Crippen LogP contribution in [0.3, 0.4) is 0 Å². The normalized spacial score (nSPS) is 11.1. The van der Waals surface area contributed by atoms with Crippen LogP contribution in [0.15, 0.2) is 36.4 Å². The van der Waals surface area contributed by atoms with Crippen LogP contribution in [0.25, 0.3) is 0 Å². The van der Waals surface area contributed by atoms with Gasteiger partial charge in [-0.3, -0.25) is 9.36 Å². The first-order valence-electron chi connectivity index (χ1n) is 7.93. The first kappa shape index (κ1) is 18.5. The van der Waals surface area contributed by atoms with Gasteiger partial charge in [0.2, 0.25) is 0 Å². The first-order valence-corrected chi connectivity index (χ1v) is 8.31. The van der Waals surface area contributed by atoms with Crippen LogP contribution in [-0.4, -0.2) is 21.9 Å². The molecule has 0 unspecified atom stereocenters. The van der Waals surface area contributed by atoms with E-state index in [1.165, 1.54) is 12.1 Å². The third kappa shape index (κ3) is 4.35. The molecule has 0 aliphatic rings. The molecule has 0 saturated carbocycles. The number of alkyl halides is 2. The zero-order valence-corrected chi connectivity index (χ0v) is 14.6. The number of carbonyl (C=O) groups excluding carboxylic acids is 1. The van der Waals surface area contributed by atoms with Gasteiger partial charge in [-0.05, 0) is 43.2 Å². The molecule has 0 atom stereocenters. The van der Waals surface area contributed by atoms with Gasteiger partial charge in [0.15, 0.2) is 0 Å². The average Bonchev–Trinajstić information content (AvgIpc) is 2.92. The number of carbonyl (C=O) groups is 1. The zero-order chi connectivity index (χ0) is 17.7. The van der Waals surface area contributed by atoms with Gasteiger partial charge in [0.05, 0.1) is 0 Å². The van der Waals surface area contributed by atoms with Crippen molar-refractivity contribution in [2.45, 2.75) is 39.8 Å². The van der Waals surface area contributed by atoms with Crippen LogP contribution in [0.5, 0.6) is 0 Å². The number of unbranched alkanes of at least 4 members (excludes halogenated alkanes) is 1. The van der Waals surface area contributed by atoms with E-state index in [0.29, 0.717) is 23.8 Å². The minimum absolute atomic E-state index is 0.0145. The molecule has 6 heteroatoms. The number of hydrogen-bond acceptors (Lipinski definition) is 1. The minimum Gasteiger partial charge on any atom is -0.333 e. The summed E-state index contributed by atoms with van der Waals surface area (Å²) >= 11 is 5.99. The van der Waals surface area contributed by atoms with Crippen LogP contribution in [-0.2, 0) is 6.54 Å². The fraction of sp³-hybridized carbons (Fsp3) is 0.389. The second kappa shape index (κ2) is 8.29. The van der Waals surface area contributed by atoms with Crippen molar-refractivity contribution in [3.63, 3.8) is 0 Å². The number of rotatable bonds is 7. The van der Waals surface area contributed by atoms with Crippen molar-refractivity contribution >= 4 is 17.5 Å². The SMILES string of the molecule is CCCCN(Cc1cccc(Cl)c1)C(=O)c1ccc(C)n1C(F)F. The highest BCUT2D eigenvalue weighted by Gasteiger charge is 2.23. The van der Waals surface area contributed by atoms with Crippen molar-refractivity contribution < 1.29 is 13.6 Å². The van der Waals surface area contributed by atoms with E-state index in [9.17, 15) is 13.6 Å². The number of hydrogen-bond donors (Lipinski definition) is 0. The summed E-state index contributed by atoms with van der Waals surface area (Å²) in [6.07, 6.45) is 1.72. The van der Waals surface area contributed by atoms with Gasteiger partial charge in [-0.2, -0.15) is 8.78 Å². The Morgan fingerprint density at radius 2 is 2.04 bits per heavy atom. The number of aryl methyl sites for hydroxylation is 1. The van der Waals surface area contributed by atoms with E-state index in [2.05, 4.69) is 0 Å². The fourth-order valence-corrected chi connectivity index (χ4v) is 2.82. The summed E-state index contributed by atoms with van der Waals surface area (Å²) in [4.78, 5) is 14.4. The Labute approximate surface area is 145 Å². The maximum absolute atomic E-state index is 13.3. The van der Waals surface area contributed by atoms with Crippen molar-refractivity contribution in [2.24, 2.45) is 0 Å². The minimum atomic E-state index is -2.74. The molecular weight excluding hydrogens is 334 g/mol. The van der Waals surface area contributed by atoms with Gasteiger partial charge in [-0.1, -0.05) is 37.1 Å². The monoisotopic (exact) mass is 354 g/mol. The van der Waals surface area contributed by atoms with Crippen LogP contribution < -0.4 is 0 Å². The second-order valence-electron chi connectivity index (χ2n) is 5.72. The van der Waals surface area contributed by atoms with Crippen LogP contribution in [0.2, 0.25) is 5.02 Å².